The number of unbranched alkanes of at least 4 members (excludes halogenated alkanes) is 24. The summed E-state index contributed by atoms with van der Waals surface area (Å²) in [4.78, 5) is 76.6. The molecule has 1 aromatic carbocycles. The molecule has 0 radical (unpaired) electrons. The number of fused-ring (bicyclic) bond motifs is 1. The highest BCUT2D eigenvalue weighted by molar-refractivity contribution is 7.45. The van der Waals surface area contributed by atoms with E-state index in [1.807, 2.05) is 41.9 Å². The Kier molecular flexibility index (Phi) is 36.8. The van der Waals surface area contributed by atoms with E-state index in [1.54, 1.807) is 19.1 Å². The van der Waals surface area contributed by atoms with Gasteiger partial charge in [0.25, 0.3) is 13.6 Å². The van der Waals surface area contributed by atoms with Gasteiger partial charge < -0.3 is 77.5 Å². The van der Waals surface area contributed by atoms with Crippen molar-refractivity contribution in [3.05, 3.63) is 17.7 Å². The maximum atomic E-state index is 13.1. The molecule has 2 unspecified atom stereocenters. The van der Waals surface area contributed by atoms with E-state index < -0.39 is 92.9 Å². The van der Waals surface area contributed by atoms with Crippen molar-refractivity contribution >= 4 is 43.2 Å². The number of carbonyl (C=O) groups excluding carboxylic acids is 5. The largest absolute Gasteiger partial charge is 0.756 e. The monoisotopic (exact) mass is 1260 g/mol. The van der Waals surface area contributed by atoms with Gasteiger partial charge in [-0.05, 0) is 31.4 Å². The lowest BCUT2D eigenvalue weighted by Crippen LogP contribution is -2.59. The minimum absolute atomic E-state index is 0.00450. The predicted octanol–water partition coefficient (Wildman–Crippen LogP) is 10.3. The second kappa shape index (κ2) is 41.4. The molecule has 0 aromatic heterocycles. The van der Waals surface area contributed by atoms with Gasteiger partial charge in [-0.2, -0.15) is 0 Å². The first-order valence-electron chi connectivity index (χ1n) is 32.6. The van der Waals surface area contributed by atoms with Gasteiger partial charge in [0.2, 0.25) is 11.8 Å². The number of rotatable bonds is 48. The second-order valence-corrected chi connectivity index (χ2v) is 27.1. The highest BCUT2D eigenvalue weighted by Crippen LogP contribution is 2.50. The highest BCUT2D eigenvalue weighted by Gasteiger charge is 2.49. The van der Waals surface area contributed by atoms with Crippen LogP contribution >= 0.6 is 7.82 Å². The molecule has 0 aliphatic carbocycles. The van der Waals surface area contributed by atoms with Crippen LogP contribution in [0.4, 0.5) is 5.69 Å². The van der Waals surface area contributed by atoms with E-state index >= 15 is 0 Å². The first-order chi connectivity index (χ1) is 41.3. The van der Waals surface area contributed by atoms with Crippen LogP contribution in [0.2, 0.25) is 0 Å². The number of esters is 3. The Morgan fingerprint density at radius 2 is 1.20 bits per heavy atom. The molecule has 3 rings (SSSR count). The van der Waals surface area contributed by atoms with Crippen molar-refractivity contribution in [2.75, 3.05) is 73.1 Å². The average molecular weight is 1260 g/mol. The summed E-state index contributed by atoms with van der Waals surface area (Å²) >= 11 is 0. The van der Waals surface area contributed by atoms with E-state index in [1.165, 1.54) is 64.9 Å². The summed E-state index contributed by atoms with van der Waals surface area (Å²) in [5, 5.41) is 37.6. The molecular formula is C64H112N3O19P. The number of phosphoric acid groups is 1. The Morgan fingerprint density at radius 1 is 0.678 bits per heavy atom. The number of benzene rings is 1. The predicted molar refractivity (Wildman–Crippen MR) is 329 cm³/mol. The summed E-state index contributed by atoms with van der Waals surface area (Å²) in [5.41, 5.74) is -0.163. The summed E-state index contributed by atoms with van der Waals surface area (Å²) in [6.07, 6.45) is 19.1. The zero-order valence-electron chi connectivity index (χ0n) is 54.3. The maximum absolute atomic E-state index is 13.1. The number of aliphatic hydroxyl groups excluding tert-OH is 3. The van der Waals surface area contributed by atoms with Gasteiger partial charge >= 0.3 is 17.9 Å². The Morgan fingerprint density at radius 3 is 1.72 bits per heavy atom. The summed E-state index contributed by atoms with van der Waals surface area (Å²) in [5.74, 6) is -2.77. The molecule has 2 amide bonds. The smallest absolute Gasteiger partial charge is 0.343 e. The first-order valence-corrected chi connectivity index (χ1v) is 34.0. The van der Waals surface area contributed by atoms with Gasteiger partial charge in [-0.15, -0.1) is 0 Å². The van der Waals surface area contributed by atoms with Crippen molar-refractivity contribution in [2.24, 2.45) is 5.41 Å². The zero-order chi connectivity index (χ0) is 64.3. The third-order valence-corrected chi connectivity index (χ3v) is 16.9. The number of methoxy groups -OCH3 is 1. The van der Waals surface area contributed by atoms with E-state index in [9.17, 15) is 48.8 Å². The van der Waals surface area contributed by atoms with Crippen molar-refractivity contribution in [1.29, 1.82) is 0 Å². The molecule has 87 heavy (non-hydrogen) atoms. The maximum Gasteiger partial charge on any atom is 0.343 e. The molecule has 5 N–H and O–H groups in total. The molecule has 502 valence electrons. The van der Waals surface area contributed by atoms with E-state index in [0.717, 1.165) is 96.3 Å². The molecule has 1 saturated heterocycles. The number of carbonyl (C=O) groups is 5. The molecule has 1 fully saturated rings. The molecule has 0 spiro atoms. The molecular weight excluding hydrogens is 1150 g/mol. The third-order valence-electron chi connectivity index (χ3n) is 15.9. The van der Waals surface area contributed by atoms with Crippen LogP contribution in [-0.2, 0) is 56.5 Å². The summed E-state index contributed by atoms with van der Waals surface area (Å²) < 4.78 is 62.6. The van der Waals surface area contributed by atoms with Crippen molar-refractivity contribution < 1.29 is 95.4 Å². The van der Waals surface area contributed by atoms with E-state index in [0.29, 0.717) is 36.2 Å². The number of quaternary nitrogens is 1. The number of likely N-dealkylation sites (N-methyl/N-ethyl adjacent to an activating group) is 1. The molecule has 1 aromatic rings. The quantitative estimate of drug-likeness (QED) is 0.0133. The Labute approximate surface area is 519 Å². The van der Waals surface area contributed by atoms with Gasteiger partial charge in [0, 0.05) is 44.6 Å². The van der Waals surface area contributed by atoms with Crippen molar-refractivity contribution in [3.63, 3.8) is 0 Å². The molecule has 0 saturated carbocycles. The normalized spacial score (nSPS) is 20.4. The van der Waals surface area contributed by atoms with Gasteiger partial charge in [-0.3, -0.25) is 23.7 Å². The average Bonchev–Trinajstić information content (AvgIpc) is 3.63. The van der Waals surface area contributed by atoms with Gasteiger partial charge in [-0.1, -0.05) is 175 Å². The standard InChI is InChI=1S/C64H112N3O19P/c1-10-11-12-13-14-15-16-18-22-25-28-31-34-37-55(71)83-48(46-80-62-59(74)58(73)57(72)51(84-62)47-82-87(76,77)81-44-43-67(6,7)8)45-79-54(70)36-33-30-27-24-21-19-17-20-23-26-29-32-35-42-65-52(68)40-41-53(69)66-49-38-39-50-60(56(49)61(75)78-9)86-64(5,85-50)63(2,3)4/h38-39,48,51,57-59,62,72-74H,10-37,40-47H2,1-9H3,(H2-,65,66,68,69,75,76,77)/t48-,51+,57+,58-,59+,62-,64?/m0/s1. The van der Waals surface area contributed by atoms with E-state index in [-0.39, 0.29) is 61.8 Å². The number of phosphoric ester groups is 1. The highest BCUT2D eigenvalue weighted by atomic mass is 31.2. The second-order valence-electron chi connectivity index (χ2n) is 25.7. The van der Waals surface area contributed by atoms with Gasteiger partial charge in [0.15, 0.2) is 23.9 Å². The number of aliphatic hydroxyl groups is 3. The molecule has 0 bridgehead atoms. The Balaban J connectivity index is 1.29. The Bertz CT molecular complexity index is 2210. The molecule has 2 heterocycles. The van der Waals surface area contributed by atoms with Crippen molar-refractivity contribution in [2.45, 2.75) is 270 Å². The van der Waals surface area contributed by atoms with Crippen molar-refractivity contribution in [3.8, 4) is 11.5 Å². The zero-order valence-corrected chi connectivity index (χ0v) is 55.2. The minimum atomic E-state index is -4.82. The number of nitrogens with one attached hydrogen (secondary N) is 2. The SMILES string of the molecule is CCCCCCCCCCCCCCCC(=O)O[C@@H](COC(=O)CCCCCCCCCCCCCCCNC(=O)CCC(=O)Nc1ccc2c(c1C(=O)OC)OC(C)(C(C)(C)C)O2)CO[C@H]1O[C@H](COP(=O)([O-])OCC[N+](C)(C)C)[C@@H](O)[C@H](O)[C@H]1O. The number of anilines is 1. The number of hydrogen-bond donors (Lipinski definition) is 5. The lowest BCUT2D eigenvalue weighted by molar-refractivity contribution is -0.870. The summed E-state index contributed by atoms with van der Waals surface area (Å²) in [6, 6.07) is 3.20. The fraction of sp³-hybridized carbons (Fsp3) is 0.828. The van der Waals surface area contributed by atoms with Crippen LogP contribution in [0, 0.1) is 5.41 Å². The number of ether oxygens (including phenoxy) is 7. The van der Waals surface area contributed by atoms with E-state index in [2.05, 4.69) is 17.6 Å². The summed E-state index contributed by atoms with van der Waals surface area (Å²) in [6.45, 7) is 9.15. The number of hydrogen-bond acceptors (Lipinski definition) is 19. The lowest BCUT2D eigenvalue weighted by Gasteiger charge is -2.41. The van der Waals surface area contributed by atoms with Crippen molar-refractivity contribution in [1.82, 2.24) is 5.32 Å². The fourth-order valence-corrected chi connectivity index (χ4v) is 10.6. The Hall–Kier alpha value is -3.96. The molecule has 8 atom stereocenters. The van der Waals surface area contributed by atoms with Gasteiger partial charge in [0.1, 0.15) is 49.7 Å². The van der Waals surface area contributed by atoms with Crippen LogP contribution in [0.5, 0.6) is 11.5 Å². The minimum Gasteiger partial charge on any atom is -0.756 e. The van der Waals surface area contributed by atoms with Crippen LogP contribution < -0.4 is 25.0 Å². The van der Waals surface area contributed by atoms with Crippen LogP contribution in [0.25, 0.3) is 0 Å². The van der Waals surface area contributed by atoms with Crippen LogP contribution in [0.3, 0.4) is 0 Å². The topological polar surface area (TPSA) is 293 Å². The van der Waals surface area contributed by atoms with Crippen LogP contribution in [0.15, 0.2) is 12.1 Å². The molecule has 2 aliphatic heterocycles. The third kappa shape index (κ3) is 31.6. The number of amides is 2. The molecule has 22 nitrogen and oxygen atoms in total. The van der Waals surface area contributed by atoms with Gasteiger partial charge in [-0.25, -0.2) is 4.79 Å². The fourth-order valence-electron chi connectivity index (χ4n) is 9.91. The number of nitrogens with zero attached hydrogens (tertiary/aromatic N) is 1. The first kappa shape index (κ1) is 77.3. The lowest BCUT2D eigenvalue weighted by atomic mass is 9.87. The molecule has 2 aliphatic rings. The van der Waals surface area contributed by atoms with Crippen LogP contribution in [0.1, 0.15) is 238 Å². The van der Waals surface area contributed by atoms with Crippen LogP contribution in [-0.4, -0.2) is 160 Å². The van der Waals surface area contributed by atoms with Gasteiger partial charge in [0.05, 0.1) is 47.2 Å². The molecule has 23 heteroatoms. The summed E-state index contributed by atoms with van der Waals surface area (Å²) in [7, 11) is 2.01. The van der Waals surface area contributed by atoms with E-state index in [4.69, 9.17) is 42.2 Å².